The Kier molecular flexibility index (Phi) is 5.49. The van der Waals surface area contributed by atoms with E-state index >= 15 is 0 Å². The average Bonchev–Trinajstić information content (AvgIpc) is 2.59. The molecule has 0 fully saturated rings. The number of carbonyl (C=O) groups is 2. The van der Waals surface area contributed by atoms with Crippen LogP contribution in [-0.2, 0) is 9.47 Å². The summed E-state index contributed by atoms with van der Waals surface area (Å²) in [4.78, 5) is 24.1. The van der Waals surface area contributed by atoms with Gasteiger partial charge in [-0.1, -0.05) is 23.8 Å². The number of benzene rings is 2. The molecule has 0 aliphatic carbocycles. The van der Waals surface area contributed by atoms with E-state index in [1.807, 2.05) is 13.0 Å². The Labute approximate surface area is 134 Å². The number of rotatable bonds is 6. The molecule has 0 aromatic heterocycles. The summed E-state index contributed by atoms with van der Waals surface area (Å²) in [5, 5.41) is 0. The quantitative estimate of drug-likeness (QED) is 0.466. The van der Waals surface area contributed by atoms with Crippen LogP contribution in [0.5, 0.6) is 5.75 Å². The van der Waals surface area contributed by atoms with Gasteiger partial charge in [-0.15, -0.1) is 0 Å². The normalized spacial score (nSPS) is 10.2. The van der Waals surface area contributed by atoms with Gasteiger partial charge in [0.25, 0.3) is 0 Å². The minimum Gasteiger partial charge on any atom is -0.467 e. The summed E-state index contributed by atoms with van der Waals surface area (Å²) >= 11 is 0. The lowest BCUT2D eigenvalue weighted by atomic mass is 9.99. The third-order valence-corrected chi connectivity index (χ3v) is 3.28. The molecular weight excluding hydrogens is 296 g/mol. The molecule has 2 aromatic carbocycles. The molecule has 0 N–H and O–H groups in total. The minimum absolute atomic E-state index is 0.0601. The smallest absolute Gasteiger partial charge is 0.337 e. The number of methoxy groups -OCH3 is 2. The van der Waals surface area contributed by atoms with Gasteiger partial charge in [0.2, 0.25) is 0 Å². The van der Waals surface area contributed by atoms with Gasteiger partial charge >= 0.3 is 5.97 Å². The monoisotopic (exact) mass is 314 g/mol. The van der Waals surface area contributed by atoms with Gasteiger partial charge in [0.15, 0.2) is 12.6 Å². The minimum atomic E-state index is -0.441. The van der Waals surface area contributed by atoms with Crippen molar-refractivity contribution in [3.8, 4) is 5.75 Å². The topological polar surface area (TPSA) is 61.8 Å². The molecule has 0 bridgehead atoms. The molecule has 2 aromatic rings. The van der Waals surface area contributed by atoms with E-state index in [1.165, 1.54) is 14.2 Å². The number of esters is 1. The zero-order valence-corrected chi connectivity index (χ0v) is 13.3. The average molecular weight is 314 g/mol. The maximum absolute atomic E-state index is 12.7. The molecule has 0 heterocycles. The van der Waals surface area contributed by atoms with E-state index in [0.717, 1.165) is 5.56 Å². The van der Waals surface area contributed by atoms with E-state index in [1.54, 1.807) is 36.4 Å². The Hall–Kier alpha value is -2.66. The van der Waals surface area contributed by atoms with E-state index < -0.39 is 5.97 Å². The predicted octanol–water partition coefficient (Wildman–Crippen LogP) is 3.00. The molecule has 0 amide bonds. The van der Waals surface area contributed by atoms with Gasteiger partial charge in [0.1, 0.15) is 5.75 Å². The number of ketones is 1. The molecule has 5 nitrogen and oxygen atoms in total. The second-order valence-corrected chi connectivity index (χ2v) is 4.95. The summed E-state index contributed by atoms with van der Waals surface area (Å²) in [5.74, 6) is -0.167. The van der Waals surface area contributed by atoms with Crippen LogP contribution in [0.4, 0.5) is 0 Å². The summed E-state index contributed by atoms with van der Waals surface area (Å²) in [5.41, 5.74) is 2.26. The molecule has 0 radical (unpaired) electrons. The van der Waals surface area contributed by atoms with Gasteiger partial charge in [-0.05, 0) is 31.2 Å². The van der Waals surface area contributed by atoms with Gasteiger partial charge in [-0.2, -0.15) is 0 Å². The van der Waals surface area contributed by atoms with E-state index in [0.29, 0.717) is 22.4 Å². The molecule has 23 heavy (non-hydrogen) atoms. The van der Waals surface area contributed by atoms with Crippen molar-refractivity contribution in [1.29, 1.82) is 0 Å². The van der Waals surface area contributed by atoms with E-state index in [9.17, 15) is 9.59 Å². The second kappa shape index (κ2) is 7.56. The first-order valence-electron chi connectivity index (χ1n) is 7.02. The van der Waals surface area contributed by atoms with Crippen molar-refractivity contribution in [2.45, 2.75) is 6.92 Å². The van der Waals surface area contributed by atoms with Gasteiger partial charge in [-0.25, -0.2) is 4.79 Å². The lowest BCUT2D eigenvalue weighted by Crippen LogP contribution is -2.08. The number of ether oxygens (including phenoxy) is 3. The van der Waals surface area contributed by atoms with Crippen molar-refractivity contribution >= 4 is 11.8 Å². The van der Waals surface area contributed by atoms with Crippen LogP contribution in [0.15, 0.2) is 42.5 Å². The highest BCUT2D eigenvalue weighted by molar-refractivity contribution is 6.11. The molecule has 0 aliphatic rings. The summed E-state index contributed by atoms with van der Waals surface area (Å²) in [7, 11) is 2.83. The predicted molar refractivity (Wildman–Crippen MR) is 84.9 cm³/mol. The summed E-state index contributed by atoms with van der Waals surface area (Å²) in [6, 6.07) is 11.7. The Morgan fingerprint density at radius 3 is 2.22 bits per heavy atom. The molecule has 0 saturated carbocycles. The van der Waals surface area contributed by atoms with Crippen molar-refractivity contribution in [2.75, 3.05) is 21.0 Å². The maximum atomic E-state index is 12.7. The number of carbonyl (C=O) groups excluding carboxylic acids is 2. The third-order valence-electron chi connectivity index (χ3n) is 3.28. The van der Waals surface area contributed by atoms with Crippen LogP contribution in [0.1, 0.15) is 31.8 Å². The van der Waals surface area contributed by atoms with Crippen LogP contribution in [-0.4, -0.2) is 32.8 Å². The molecule has 120 valence electrons. The Morgan fingerprint density at radius 1 is 0.957 bits per heavy atom. The maximum Gasteiger partial charge on any atom is 0.337 e. The Morgan fingerprint density at radius 2 is 1.61 bits per heavy atom. The van der Waals surface area contributed by atoms with Crippen LogP contribution in [0.2, 0.25) is 0 Å². The molecule has 5 heteroatoms. The second-order valence-electron chi connectivity index (χ2n) is 4.95. The first kappa shape index (κ1) is 16.7. The third kappa shape index (κ3) is 3.96. The number of hydrogen-bond donors (Lipinski definition) is 0. The first-order valence-corrected chi connectivity index (χ1v) is 7.02. The highest BCUT2D eigenvalue weighted by Crippen LogP contribution is 2.23. The largest absolute Gasteiger partial charge is 0.467 e. The van der Waals surface area contributed by atoms with Gasteiger partial charge in [0.05, 0.1) is 18.2 Å². The van der Waals surface area contributed by atoms with Crippen molar-refractivity contribution in [1.82, 2.24) is 0 Å². The van der Waals surface area contributed by atoms with Crippen LogP contribution in [0.25, 0.3) is 0 Å². The lowest BCUT2D eigenvalue weighted by molar-refractivity contribution is 0.0503. The molecule has 2 rings (SSSR count). The molecule has 0 atom stereocenters. The fraction of sp³-hybridized carbons (Fsp3) is 0.222. The summed E-state index contributed by atoms with van der Waals surface area (Å²) in [6.07, 6.45) is 0. The van der Waals surface area contributed by atoms with Crippen LogP contribution < -0.4 is 4.74 Å². The van der Waals surface area contributed by atoms with Crippen molar-refractivity contribution in [3.05, 3.63) is 64.7 Å². The fourth-order valence-corrected chi connectivity index (χ4v) is 2.10. The van der Waals surface area contributed by atoms with E-state index in [4.69, 9.17) is 9.47 Å². The summed E-state index contributed by atoms with van der Waals surface area (Å²) in [6.45, 7) is 1.96. The fourth-order valence-electron chi connectivity index (χ4n) is 2.10. The van der Waals surface area contributed by atoms with Crippen LogP contribution in [0.3, 0.4) is 0 Å². The first-order chi connectivity index (χ1) is 11.1. The van der Waals surface area contributed by atoms with E-state index in [-0.39, 0.29) is 12.6 Å². The number of hydrogen-bond acceptors (Lipinski definition) is 5. The van der Waals surface area contributed by atoms with Gasteiger partial charge < -0.3 is 14.2 Å². The number of aryl methyl sites for hydroxylation is 1. The van der Waals surface area contributed by atoms with Gasteiger partial charge in [0, 0.05) is 12.7 Å². The SMILES string of the molecule is COCOc1ccc(C)cc1C(=O)c1ccc(C(=O)OC)cc1. The lowest BCUT2D eigenvalue weighted by Gasteiger charge is -2.11. The van der Waals surface area contributed by atoms with Crippen molar-refractivity contribution in [3.63, 3.8) is 0 Å². The zero-order valence-electron chi connectivity index (χ0n) is 13.3. The Balaban J connectivity index is 2.32. The molecular formula is C18H18O5. The van der Waals surface area contributed by atoms with Gasteiger partial charge in [-0.3, -0.25) is 4.79 Å². The van der Waals surface area contributed by atoms with Crippen molar-refractivity contribution < 1.29 is 23.8 Å². The van der Waals surface area contributed by atoms with Crippen LogP contribution >= 0.6 is 0 Å². The molecule has 0 saturated heterocycles. The Bertz CT molecular complexity index is 704. The van der Waals surface area contributed by atoms with Crippen molar-refractivity contribution in [2.24, 2.45) is 0 Å². The molecule has 0 spiro atoms. The van der Waals surface area contributed by atoms with Crippen LogP contribution in [0, 0.1) is 6.92 Å². The highest BCUT2D eigenvalue weighted by Gasteiger charge is 2.16. The summed E-state index contributed by atoms with van der Waals surface area (Å²) < 4.78 is 15.0. The zero-order chi connectivity index (χ0) is 16.8. The van der Waals surface area contributed by atoms with E-state index in [2.05, 4.69) is 4.74 Å². The molecule has 0 aliphatic heterocycles. The standard InChI is InChI=1S/C18H18O5/c1-12-4-9-16(23-11-21-2)15(10-12)17(19)13-5-7-14(8-6-13)18(20)22-3/h4-10H,11H2,1-3H3. The highest BCUT2D eigenvalue weighted by atomic mass is 16.7. The molecule has 0 unspecified atom stereocenters.